The van der Waals surface area contributed by atoms with Crippen LogP contribution < -0.4 is 0 Å². The van der Waals surface area contributed by atoms with E-state index < -0.39 is 0 Å². The van der Waals surface area contributed by atoms with Gasteiger partial charge >= 0.3 is 0 Å². The van der Waals surface area contributed by atoms with Crippen LogP contribution in [0.1, 0.15) is 22.8 Å². The van der Waals surface area contributed by atoms with Crippen LogP contribution >= 0.6 is 63.7 Å². The summed E-state index contributed by atoms with van der Waals surface area (Å²) in [5, 5.41) is 0. The van der Waals surface area contributed by atoms with Gasteiger partial charge < -0.3 is 9.97 Å². The average Bonchev–Trinajstić information content (AvgIpc) is 3.99. The minimum absolute atomic E-state index is 0. The molecule has 0 saturated heterocycles. The number of hydrogen-bond donors (Lipinski definition) is 2. The second-order valence-electron chi connectivity index (χ2n) is 12.4. The zero-order valence-corrected chi connectivity index (χ0v) is 35.0. The molecule has 8 bridgehead atoms. The first-order valence-electron chi connectivity index (χ1n) is 16.6. The maximum absolute atomic E-state index is 5.40. The van der Waals surface area contributed by atoms with Gasteiger partial charge in [-0.15, -0.1) is 0 Å². The van der Waals surface area contributed by atoms with E-state index in [1.54, 1.807) is 0 Å². The van der Waals surface area contributed by atoms with Crippen molar-refractivity contribution >= 4 is 110 Å². The molecule has 0 saturated carbocycles. The van der Waals surface area contributed by atoms with Gasteiger partial charge in [0.15, 0.2) is 0 Å². The normalized spacial score (nSPS) is 11.8. The Morgan fingerprint density at radius 2 is 0.547 bits per heavy atom. The Balaban J connectivity index is 0.00000400. The van der Waals surface area contributed by atoms with Crippen LogP contribution in [-0.4, -0.2) is 19.9 Å². The maximum Gasteiger partial charge on any atom is 0.0737 e. The number of fused-ring (bicyclic) bond motifs is 8. The van der Waals surface area contributed by atoms with E-state index in [2.05, 4.69) is 195 Å². The van der Waals surface area contributed by atoms with Crippen molar-refractivity contribution in [1.29, 1.82) is 0 Å². The summed E-state index contributed by atoms with van der Waals surface area (Å²) in [5.74, 6) is 0. The molecule has 2 aliphatic rings. The Kier molecular flexibility index (Phi) is 10.1. The van der Waals surface area contributed by atoms with Crippen molar-refractivity contribution in [3.8, 4) is 44.5 Å². The number of nitrogens with one attached hydrogen (secondary N) is 2. The Hall–Kier alpha value is -4.09. The third-order valence-electron chi connectivity index (χ3n) is 9.33. The van der Waals surface area contributed by atoms with E-state index in [1.165, 1.54) is 0 Å². The van der Waals surface area contributed by atoms with Crippen molar-refractivity contribution in [3.05, 3.63) is 162 Å². The molecule has 5 heterocycles. The van der Waals surface area contributed by atoms with Crippen molar-refractivity contribution in [1.82, 2.24) is 19.9 Å². The Morgan fingerprint density at radius 3 is 0.774 bits per heavy atom. The largest absolute Gasteiger partial charge is 0.354 e. The summed E-state index contributed by atoms with van der Waals surface area (Å²) in [5.41, 5.74) is 15.3. The summed E-state index contributed by atoms with van der Waals surface area (Å²) in [4.78, 5) is 18.4. The molecule has 0 aliphatic carbocycles. The van der Waals surface area contributed by atoms with Crippen LogP contribution in [0.5, 0.6) is 0 Å². The number of rotatable bonds is 4. The Morgan fingerprint density at radius 1 is 0.321 bits per heavy atom. The van der Waals surface area contributed by atoms with Crippen molar-refractivity contribution in [2.24, 2.45) is 0 Å². The van der Waals surface area contributed by atoms with E-state index in [-0.39, 0.29) is 16.8 Å². The summed E-state index contributed by atoms with van der Waals surface area (Å²) in [6.07, 6.45) is 8.46. The third-order valence-corrected chi connectivity index (χ3v) is 12.1. The van der Waals surface area contributed by atoms with Gasteiger partial charge in [-0.05, 0) is 72.8 Å². The van der Waals surface area contributed by atoms with Crippen LogP contribution in [-0.2, 0) is 16.8 Å². The van der Waals surface area contributed by atoms with Gasteiger partial charge in [-0.1, -0.05) is 137 Å². The number of aromatic amines is 2. The molecule has 1 radical (unpaired) electrons. The molecule has 0 fully saturated rings. The molecule has 0 atom stereocenters. The molecular formula is C44H26Br4CoN4. The molecule has 2 aliphatic heterocycles. The van der Waals surface area contributed by atoms with Crippen LogP contribution in [0.15, 0.2) is 139 Å². The topological polar surface area (TPSA) is 57.4 Å². The average molecular weight is 989 g/mol. The summed E-state index contributed by atoms with van der Waals surface area (Å²) >= 11 is 15.4. The van der Waals surface area contributed by atoms with Gasteiger partial charge in [0.05, 0.1) is 22.8 Å². The van der Waals surface area contributed by atoms with Crippen molar-refractivity contribution < 1.29 is 16.8 Å². The van der Waals surface area contributed by atoms with Crippen LogP contribution in [0.4, 0.5) is 0 Å². The molecule has 0 unspecified atom stereocenters. The molecule has 259 valence electrons. The summed E-state index contributed by atoms with van der Waals surface area (Å²) in [6, 6.07) is 41.8. The number of aromatic nitrogens is 4. The number of hydrogen-bond acceptors (Lipinski definition) is 2. The van der Waals surface area contributed by atoms with Crippen molar-refractivity contribution in [3.63, 3.8) is 0 Å². The van der Waals surface area contributed by atoms with Gasteiger partial charge in [0.2, 0.25) is 0 Å². The second kappa shape index (κ2) is 15.0. The zero-order valence-electron chi connectivity index (χ0n) is 27.6. The SMILES string of the molecule is Brc1ccccc1-c1c2nc(c(-c3ccccc3Br)c3ccc([nH]3)c(-c3ccccc3Br)c3nc(c(-c4ccccc4Br)c4ccc1[nH]4)C=C3)C=C2.[Co]. The number of benzene rings is 4. The first-order valence-corrected chi connectivity index (χ1v) is 19.8. The van der Waals surface area contributed by atoms with Gasteiger partial charge in [0.1, 0.15) is 0 Å². The van der Waals surface area contributed by atoms with E-state index in [4.69, 9.17) is 9.97 Å². The van der Waals surface area contributed by atoms with E-state index in [9.17, 15) is 0 Å². The van der Waals surface area contributed by atoms with Crippen LogP contribution in [0.3, 0.4) is 0 Å². The van der Waals surface area contributed by atoms with Crippen LogP contribution in [0, 0.1) is 0 Å². The van der Waals surface area contributed by atoms with E-state index in [1.807, 2.05) is 24.3 Å². The summed E-state index contributed by atoms with van der Waals surface area (Å²) in [6.45, 7) is 0. The van der Waals surface area contributed by atoms with Crippen LogP contribution in [0.25, 0.3) is 90.9 Å². The second-order valence-corrected chi connectivity index (χ2v) is 15.8. The summed E-state index contributed by atoms with van der Waals surface area (Å²) < 4.78 is 3.93. The fourth-order valence-corrected chi connectivity index (χ4v) is 8.93. The maximum atomic E-state index is 5.40. The molecule has 53 heavy (non-hydrogen) atoms. The van der Waals surface area contributed by atoms with E-state index in [0.29, 0.717) is 0 Å². The smallest absolute Gasteiger partial charge is 0.0737 e. The molecule has 4 nitrogen and oxygen atoms in total. The predicted molar refractivity (Wildman–Crippen MR) is 231 cm³/mol. The zero-order chi connectivity index (χ0) is 35.3. The number of halogens is 4. The van der Waals surface area contributed by atoms with E-state index in [0.717, 1.165) is 107 Å². The van der Waals surface area contributed by atoms with Gasteiger partial charge in [0, 0.05) is 101 Å². The quantitative estimate of drug-likeness (QED) is 0.185. The summed E-state index contributed by atoms with van der Waals surface area (Å²) in [7, 11) is 0. The monoisotopic (exact) mass is 985 g/mol. The molecule has 4 aromatic carbocycles. The standard InChI is InChI=1S/C44H26Br4N4.Co/c45-29-13-5-1-9-25(29)41-33-17-19-35(49-33)42(26-10-2-6-14-30(26)46)37-21-23-39(51-37)44(28-12-4-8-16-32(28)48)40-24-22-38(52-40)43(36-20-18-34(41)50-36)27-11-3-7-15-31(27)47;/h1-24,49,52H;. The minimum Gasteiger partial charge on any atom is -0.354 e. The first-order chi connectivity index (χ1) is 25.4. The fraction of sp³-hybridized carbons (Fsp3) is 0. The van der Waals surface area contributed by atoms with Crippen molar-refractivity contribution in [2.45, 2.75) is 0 Å². The first kappa shape index (κ1) is 35.9. The molecule has 7 aromatic rings. The molecule has 2 N–H and O–H groups in total. The number of nitrogens with zero attached hydrogens (tertiary/aromatic N) is 2. The van der Waals surface area contributed by atoms with Gasteiger partial charge in [-0.2, -0.15) is 0 Å². The van der Waals surface area contributed by atoms with Crippen molar-refractivity contribution in [2.75, 3.05) is 0 Å². The fourth-order valence-electron chi connectivity index (χ4n) is 6.99. The van der Waals surface area contributed by atoms with E-state index >= 15 is 0 Å². The van der Waals surface area contributed by atoms with Gasteiger partial charge in [-0.25, -0.2) is 9.97 Å². The molecule has 9 rings (SSSR count). The third kappa shape index (κ3) is 6.58. The molecule has 3 aromatic heterocycles. The van der Waals surface area contributed by atoms with Crippen LogP contribution in [0.2, 0.25) is 0 Å². The predicted octanol–water partition coefficient (Wildman–Crippen LogP) is 14.4. The Bertz CT molecular complexity index is 2440. The van der Waals surface area contributed by atoms with Gasteiger partial charge in [0.25, 0.3) is 0 Å². The van der Waals surface area contributed by atoms with Gasteiger partial charge in [-0.3, -0.25) is 0 Å². The minimum atomic E-state index is 0. The molecule has 0 amide bonds. The molecule has 9 heteroatoms. The molecular weight excluding hydrogens is 963 g/mol. The number of H-pyrrole nitrogens is 2. The Labute approximate surface area is 350 Å². The molecule has 0 spiro atoms.